The number of nitrogens with zero attached hydrogens (tertiary/aromatic N) is 1. The van der Waals surface area contributed by atoms with Crippen LogP contribution < -0.4 is 0 Å². The average Bonchev–Trinajstić information content (AvgIpc) is 1.92. The maximum absolute atomic E-state index is 12.0. The Kier molecular flexibility index (Phi) is 2.97. The van der Waals surface area contributed by atoms with E-state index in [4.69, 9.17) is 0 Å². The van der Waals surface area contributed by atoms with Gasteiger partial charge in [0.05, 0.1) is 5.56 Å². The summed E-state index contributed by atoms with van der Waals surface area (Å²) >= 11 is 4.79. The van der Waals surface area contributed by atoms with Gasteiger partial charge in [-0.15, -0.1) is 0 Å². The number of alkyl halides is 3. The van der Waals surface area contributed by atoms with Gasteiger partial charge in [-0.2, -0.15) is 13.2 Å². The zero-order chi connectivity index (χ0) is 9.35. The number of pyridine rings is 1. The van der Waals surface area contributed by atoms with Gasteiger partial charge in [0.25, 0.3) is 0 Å². The maximum atomic E-state index is 12.0. The predicted octanol–water partition coefficient (Wildman–Crippen LogP) is 3.47. The van der Waals surface area contributed by atoms with E-state index in [0.717, 1.165) is 12.3 Å². The van der Waals surface area contributed by atoms with E-state index in [1.165, 1.54) is 0 Å². The third-order valence-electron chi connectivity index (χ3n) is 1.12. The predicted molar refractivity (Wildman–Crippen MR) is 49.7 cm³/mol. The zero-order valence-corrected chi connectivity index (χ0v) is 9.24. The van der Waals surface area contributed by atoms with E-state index < -0.39 is 11.7 Å². The van der Waals surface area contributed by atoms with Crippen LogP contribution in [0.1, 0.15) is 5.56 Å². The molecular formula is C6H2BrF3IN. The van der Waals surface area contributed by atoms with Gasteiger partial charge in [0.1, 0.15) is 4.60 Å². The Bertz CT molecular complexity index is 299. The Morgan fingerprint density at radius 3 is 2.42 bits per heavy atom. The monoisotopic (exact) mass is 351 g/mol. The third kappa shape index (κ3) is 2.32. The first kappa shape index (κ1) is 10.2. The van der Waals surface area contributed by atoms with E-state index >= 15 is 0 Å². The molecule has 1 aromatic rings. The average molecular weight is 352 g/mol. The van der Waals surface area contributed by atoms with Crippen LogP contribution in [-0.2, 0) is 6.18 Å². The second kappa shape index (κ2) is 3.49. The summed E-state index contributed by atoms with van der Waals surface area (Å²) in [6.45, 7) is 0. The van der Waals surface area contributed by atoms with Gasteiger partial charge < -0.3 is 0 Å². The van der Waals surface area contributed by atoms with Crippen molar-refractivity contribution in [2.75, 3.05) is 0 Å². The summed E-state index contributed by atoms with van der Waals surface area (Å²) in [5, 5.41) is 0. The Morgan fingerprint density at radius 2 is 2.00 bits per heavy atom. The van der Waals surface area contributed by atoms with Crippen LogP contribution in [0.4, 0.5) is 13.2 Å². The highest BCUT2D eigenvalue weighted by molar-refractivity contribution is 14.1. The van der Waals surface area contributed by atoms with Crippen LogP contribution in [0.3, 0.4) is 0 Å². The molecule has 0 N–H and O–H groups in total. The molecule has 0 radical (unpaired) electrons. The van der Waals surface area contributed by atoms with E-state index in [-0.39, 0.29) is 0 Å². The largest absolute Gasteiger partial charge is 0.417 e. The van der Waals surface area contributed by atoms with Gasteiger partial charge in [0.2, 0.25) is 0 Å². The number of hydrogen-bond acceptors (Lipinski definition) is 1. The quantitative estimate of drug-likeness (QED) is 0.515. The summed E-state index contributed by atoms with van der Waals surface area (Å²) in [7, 11) is 0. The topological polar surface area (TPSA) is 12.9 Å². The van der Waals surface area contributed by atoms with Crippen LogP contribution in [0.15, 0.2) is 16.9 Å². The van der Waals surface area contributed by atoms with Crippen LogP contribution in [0.5, 0.6) is 0 Å². The Balaban J connectivity index is 3.14. The van der Waals surface area contributed by atoms with Gasteiger partial charge in [-0.25, -0.2) is 4.98 Å². The maximum Gasteiger partial charge on any atom is 0.417 e. The van der Waals surface area contributed by atoms with Gasteiger partial charge in [-0.3, -0.25) is 0 Å². The number of rotatable bonds is 0. The smallest absolute Gasteiger partial charge is 0.248 e. The van der Waals surface area contributed by atoms with Crippen LogP contribution in [0, 0.1) is 3.57 Å². The first-order valence-electron chi connectivity index (χ1n) is 2.79. The van der Waals surface area contributed by atoms with Crippen LogP contribution in [0.25, 0.3) is 0 Å². The Morgan fingerprint density at radius 1 is 1.42 bits per heavy atom. The molecule has 0 unspecified atom stereocenters. The summed E-state index contributed by atoms with van der Waals surface area (Å²) in [5.74, 6) is 0. The van der Waals surface area contributed by atoms with Gasteiger partial charge in [0.15, 0.2) is 0 Å². The molecule has 1 heterocycles. The van der Waals surface area contributed by atoms with Gasteiger partial charge in [0, 0.05) is 9.77 Å². The molecule has 1 aromatic heterocycles. The summed E-state index contributed by atoms with van der Waals surface area (Å²) in [5.41, 5.74) is -0.727. The molecule has 0 fully saturated rings. The molecule has 6 heteroatoms. The lowest BCUT2D eigenvalue weighted by molar-refractivity contribution is -0.137. The Hall–Kier alpha value is 0.150. The van der Waals surface area contributed by atoms with Crippen molar-refractivity contribution >= 4 is 38.5 Å². The molecule has 0 aromatic carbocycles. The van der Waals surface area contributed by atoms with Crippen molar-refractivity contribution in [3.05, 3.63) is 26.0 Å². The van der Waals surface area contributed by atoms with Crippen molar-refractivity contribution < 1.29 is 13.2 Å². The fourth-order valence-electron chi connectivity index (χ4n) is 0.576. The lowest BCUT2D eigenvalue weighted by Crippen LogP contribution is -2.05. The highest BCUT2D eigenvalue weighted by Crippen LogP contribution is 2.30. The molecule has 0 spiro atoms. The van der Waals surface area contributed by atoms with Gasteiger partial charge >= 0.3 is 6.18 Å². The van der Waals surface area contributed by atoms with E-state index in [9.17, 15) is 13.2 Å². The second-order valence-electron chi connectivity index (χ2n) is 1.99. The number of aromatic nitrogens is 1. The summed E-state index contributed by atoms with van der Waals surface area (Å²) in [6, 6.07) is 1.04. The Labute approximate surface area is 88.6 Å². The molecule has 12 heavy (non-hydrogen) atoms. The molecular weight excluding hydrogens is 350 g/mol. The summed E-state index contributed by atoms with van der Waals surface area (Å²) in [4.78, 5) is 3.53. The van der Waals surface area contributed by atoms with E-state index in [1.807, 2.05) is 0 Å². The minimum absolute atomic E-state index is 0.427. The molecule has 0 aliphatic rings. The molecule has 0 saturated heterocycles. The second-order valence-corrected chi connectivity index (χ2v) is 3.91. The first-order chi connectivity index (χ1) is 5.41. The summed E-state index contributed by atoms with van der Waals surface area (Å²) < 4.78 is 37.0. The highest BCUT2D eigenvalue weighted by atomic mass is 127. The molecule has 66 valence electrons. The number of hydrogen-bond donors (Lipinski definition) is 0. The van der Waals surface area contributed by atoms with Crippen LogP contribution in [-0.4, -0.2) is 4.98 Å². The molecule has 0 amide bonds. The zero-order valence-electron chi connectivity index (χ0n) is 5.49. The van der Waals surface area contributed by atoms with E-state index in [0.29, 0.717) is 8.17 Å². The molecule has 0 atom stereocenters. The normalized spacial score (nSPS) is 11.8. The molecule has 1 nitrogen and oxygen atoms in total. The van der Waals surface area contributed by atoms with Crippen molar-refractivity contribution in [2.24, 2.45) is 0 Å². The minimum atomic E-state index is -4.31. The van der Waals surface area contributed by atoms with Gasteiger partial charge in [-0.1, -0.05) is 0 Å². The third-order valence-corrected chi connectivity index (χ3v) is 3.32. The fourth-order valence-corrected chi connectivity index (χ4v) is 1.27. The van der Waals surface area contributed by atoms with Crippen molar-refractivity contribution in [3.63, 3.8) is 0 Å². The molecule has 0 aliphatic carbocycles. The first-order valence-corrected chi connectivity index (χ1v) is 4.66. The van der Waals surface area contributed by atoms with Crippen molar-refractivity contribution in [2.45, 2.75) is 6.18 Å². The summed E-state index contributed by atoms with van der Waals surface area (Å²) in [6.07, 6.45) is -3.51. The van der Waals surface area contributed by atoms with E-state index in [2.05, 4.69) is 20.9 Å². The van der Waals surface area contributed by atoms with Crippen LogP contribution >= 0.6 is 38.5 Å². The number of halogens is 5. The minimum Gasteiger partial charge on any atom is -0.248 e. The highest BCUT2D eigenvalue weighted by Gasteiger charge is 2.31. The molecule has 1 rings (SSSR count). The standard InChI is InChI=1S/C6H2BrF3IN/c7-5-4(11)1-3(2-12-5)6(8,9)10/h1-2H. The molecule has 0 bridgehead atoms. The lowest BCUT2D eigenvalue weighted by Gasteiger charge is -2.06. The fraction of sp³-hybridized carbons (Fsp3) is 0.167. The van der Waals surface area contributed by atoms with E-state index in [1.54, 1.807) is 22.6 Å². The van der Waals surface area contributed by atoms with Gasteiger partial charge in [-0.05, 0) is 44.6 Å². The van der Waals surface area contributed by atoms with Crippen molar-refractivity contribution in [3.8, 4) is 0 Å². The lowest BCUT2D eigenvalue weighted by atomic mass is 10.3. The van der Waals surface area contributed by atoms with Crippen molar-refractivity contribution in [1.82, 2.24) is 4.98 Å². The molecule has 0 saturated carbocycles. The molecule has 0 aliphatic heterocycles. The SMILES string of the molecule is FC(F)(F)c1cnc(Br)c(I)c1. The van der Waals surface area contributed by atoms with Crippen LogP contribution in [0.2, 0.25) is 0 Å². The van der Waals surface area contributed by atoms with Crippen molar-refractivity contribution in [1.29, 1.82) is 0 Å².